The third-order valence-electron chi connectivity index (χ3n) is 3.86. The van der Waals surface area contributed by atoms with Crippen molar-refractivity contribution >= 4 is 16.8 Å². The van der Waals surface area contributed by atoms with E-state index in [1.807, 2.05) is 0 Å². The van der Waals surface area contributed by atoms with E-state index >= 15 is 0 Å². The van der Waals surface area contributed by atoms with Gasteiger partial charge in [0, 0.05) is 5.92 Å². The molecule has 13 heavy (non-hydrogen) atoms. The first-order valence-electron chi connectivity index (χ1n) is 5.46. The Morgan fingerprint density at radius 2 is 1.69 bits per heavy atom. The lowest BCUT2D eigenvalue weighted by Crippen LogP contribution is -2.29. The summed E-state index contributed by atoms with van der Waals surface area (Å²) >= 11 is 5.55. The molecule has 0 unspecified atom stereocenters. The van der Waals surface area contributed by atoms with Crippen molar-refractivity contribution in [1.29, 1.82) is 0 Å². The predicted octanol–water partition coefficient (Wildman–Crippen LogP) is 3.36. The molecule has 0 amide bonds. The Morgan fingerprint density at radius 1 is 1.00 bits per heavy atom. The van der Waals surface area contributed by atoms with Gasteiger partial charge in [-0.3, -0.25) is 4.79 Å². The predicted molar refractivity (Wildman–Crippen MR) is 53.6 cm³/mol. The first kappa shape index (κ1) is 9.51. The maximum absolute atomic E-state index is 11.0. The molecule has 74 valence electrons. The van der Waals surface area contributed by atoms with Crippen molar-refractivity contribution < 1.29 is 4.79 Å². The Kier molecular flexibility index (Phi) is 2.92. The van der Waals surface area contributed by atoms with E-state index in [2.05, 4.69) is 0 Å². The summed E-state index contributed by atoms with van der Waals surface area (Å²) in [7, 11) is 0. The highest BCUT2D eigenvalue weighted by molar-refractivity contribution is 6.63. The summed E-state index contributed by atoms with van der Waals surface area (Å²) in [5, 5.41) is -0.0935. The first-order valence-corrected chi connectivity index (χ1v) is 5.84. The van der Waals surface area contributed by atoms with Crippen molar-refractivity contribution in [3.8, 4) is 0 Å². The molecule has 2 rings (SSSR count). The van der Waals surface area contributed by atoms with Gasteiger partial charge in [-0.15, -0.1) is 0 Å². The number of fused-ring (bicyclic) bond motifs is 1. The lowest BCUT2D eigenvalue weighted by molar-refractivity contribution is -0.117. The number of halogens is 1. The molecule has 2 saturated carbocycles. The van der Waals surface area contributed by atoms with Crippen LogP contribution in [0.15, 0.2) is 0 Å². The van der Waals surface area contributed by atoms with E-state index in [9.17, 15) is 4.79 Å². The maximum Gasteiger partial charge on any atom is 0.224 e. The van der Waals surface area contributed by atoms with Crippen LogP contribution in [-0.4, -0.2) is 5.24 Å². The zero-order valence-corrected chi connectivity index (χ0v) is 8.72. The largest absolute Gasteiger partial charge is 0.281 e. The maximum atomic E-state index is 11.0. The molecular weight excluding hydrogens is 184 g/mol. The van der Waals surface area contributed by atoms with E-state index in [1.165, 1.54) is 32.1 Å². The van der Waals surface area contributed by atoms with Crippen LogP contribution in [0.1, 0.15) is 44.9 Å². The minimum atomic E-state index is -0.0935. The Hall–Kier alpha value is -0.0400. The van der Waals surface area contributed by atoms with Crippen LogP contribution < -0.4 is 0 Å². The van der Waals surface area contributed by atoms with Gasteiger partial charge in [0.25, 0.3) is 0 Å². The molecule has 2 heteroatoms. The second-order valence-corrected chi connectivity index (χ2v) is 4.99. The molecule has 1 nitrogen and oxygen atoms in total. The van der Waals surface area contributed by atoms with E-state index in [-0.39, 0.29) is 11.2 Å². The van der Waals surface area contributed by atoms with E-state index in [0.717, 1.165) is 24.7 Å². The van der Waals surface area contributed by atoms with Gasteiger partial charge in [-0.1, -0.05) is 25.7 Å². The summed E-state index contributed by atoms with van der Waals surface area (Å²) in [5.41, 5.74) is 0. The highest BCUT2D eigenvalue weighted by atomic mass is 35.5. The summed E-state index contributed by atoms with van der Waals surface area (Å²) < 4.78 is 0. The van der Waals surface area contributed by atoms with E-state index < -0.39 is 0 Å². The van der Waals surface area contributed by atoms with Crippen molar-refractivity contribution in [1.82, 2.24) is 0 Å². The fourth-order valence-corrected chi connectivity index (χ4v) is 3.28. The second kappa shape index (κ2) is 4.00. The van der Waals surface area contributed by atoms with E-state index in [4.69, 9.17) is 11.6 Å². The Bertz CT molecular complexity index is 202. The molecule has 0 saturated heterocycles. The van der Waals surface area contributed by atoms with Crippen molar-refractivity contribution in [2.45, 2.75) is 44.9 Å². The summed E-state index contributed by atoms with van der Waals surface area (Å²) in [6, 6.07) is 0. The number of hydrogen-bond donors (Lipinski definition) is 0. The van der Waals surface area contributed by atoms with Crippen LogP contribution in [0.25, 0.3) is 0 Å². The molecule has 3 atom stereocenters. The average molecular weight is 201 g/mol. The molecule has 0 bridgehead atoms. The van der Waals surface area contributed by atoms with Gasteiger partial charge < -0.3 is 0 Å². The van der Waals surface area contributed by atoms with Crippen molar-refractivity contribution in [3.63, 3.8) is 0 Å². The number of carbonyl (C=O) groups excluding carboxylic acids is 1. The van der Waals surface area contributed by atoms with Gasteiger partial charge >= 0.3 is 0 Å². The SMILES string of the molecule is O=C(Cl)[C@@H]1CC[C@H]2CCCC[C@@H]2C1. The highest BCUT2D eigenvalue weighted by Crippen LogP contribution is 2.43. The third-order valence-corrected chi connectivity index (χ3v) is 4.17. The molecule has 0 spiro atoms. The van der Waals surface area contributed by atoms with Crippen LogP contribution in [0.3, 0.4) is 0 Å². The topological polar surface area (TPSA) is 17.1 Å². The van der Waals surface area contributed by atoms with Crippen molar-refractivity contribution in [2.75, 3.05) is 0 Å². The first-order chi connectivity index (χ1) is 6.27. The lowest BCUT2D eigenvalue weighted by Gasteiger charge is -2.38. The summed E-state index contributed by atoms with van der Waals surface area (Å²) in [4.78, 5) is 11.0. The van der Waals surface area contributed by atoms with Gasteiger partial charge in [0.05, 0.1) is 0 Å². The average Bonchev–Trinajstić information content (AvgIpc) is 2.17. The van der Waals surface area contributed by atoms with Crippen LogP contribution >= 0.6 is 11.6 Å². The molecule has 0 aliphatic heterocycles. The molecular formula is C11H17ClO. The molecule has 0 aromatic heterocycles. The van der Waals surface area contributed by atoms with Crippen LogP contribution in [-0.2, 0) is 4.79 Å². The summed E-state index contributed by atoms with van der Waals surface area (Å²) in [6.45, 7) is 0. The van der Waals surface area contributed by atoms with Crippen LogP contribution in [0, 0.1) is 17.8 Å². The molecule has 0 aromatic carbocycles. The van der Waals surface area contributed by atoms with Gasteiger partial charge in [-0.2, -0.15) is 0 Å². The normalized spacial score (nSPS) is 39.6. The molecule has 0 N–H and O–H groups in total. The number of rotatable bonds is 1. The minimum Gasteiger partial charge on any atom is -0.281 e. The quantitative estimate of drug-likeness (QED) is 0.594. The molecule has 2 aliphatic rings. The Labute approximate surface area is 84.8 Å². The molecule has 2 aliphatic carbocycles. The van der Waals surface area contributed by atoms with E-state index in [1.54, 1.807) is 0 Å². The van der Waals surface area contributed by atoms with E-state index in [0.29, 0.717) is 0 Å². The molecule has 2 fully saturated rings. The Balaban J connectivity index is 1.95. The van der Waals surface area contributed by atoms with Crippen LogP contribution in [0.2, 0.25) is 0 Å². The fraction of sp³-hybridized carbons (Fsp3) is 0.909. The smallest absolute Gasteiger partial charge is 0.224 e. The standard InChI is InChI=1S/C11H17ClO/c12-11(13)10-6-5-8-3-1-2-4-9(8)7-10/h8-10H,1-7H2/t8-,9-,10-/m1/s1. The van der Waals surface area contributed by atoms with Gasteiger partial charge in [-0.25, -0.2) is 0 Å². The van der Waals surface area contributed by atoms with Gasteiger partial charge in [-0.05, 0) is 42.7 Å². The minimum absolute atomic E-state index is 0.0935. The van der Waals surface area contributed by atoms with Gasteiger partial charge in [0.15, 0.2) is 0 Å². The molecule has 0 heterocycles. The zero-order valence-electron chi connectivity index (χ0n) is 7.97. The van der Waals surface area contributed by atoms with Crippen LogP contribution in [0.5, 0.6) is 0 Å². The van der Waals surface area contributed by atoms with Gasteiger partial charge in [0.2, 0.25) is 5.24 Å². The Morgan fingerprint density at radius 3 is 2.38 bits per heavy atom. The third kappa shape index (κ3) is 2.07. The highest BCUT2D eigenvalue weighted by Gasteiger charge is 2.34. The molecule has 0 radical (unpaired) electrons. The van der Waals surface area contributed by atoms with Crippen molar-refractivity contribution in [3.05, 3.63) is 0 Å². The second-order valence-electron chi connectivity index (χ2n) is 4.62. The van der Waals surface area contributed by atoms with Crippen molar-refractivity contribution in [2.24, 2.45) is 17.8 Å². The lowest BCUT2D eigenvalue weighted by atomic mass is 9.68. The zero-order chi connectivity index (χ0) is 9.26. The summed E-state index contributed by atoms with van der Waals surface area (Å²) in [5.74, 6) is 1.91. The number of carbonyl (C=O) groups is 1. The fourth-order valence-electron chi connectivity index (χ4n) is 3.08. The summed E-state index contributed by atoms with van der Waals surface area (Å²) in [6.07, 6.45) is 8.87. The molecule has 0 aromatic rings. The number of hydrogen-bond acceptors (Lipinski definition) is 1. The van der Waals surface area contributed by atoms with Gasteiger partial charge in [0.1, 0.15) is 0 Å². The van der Waals surface area contributed by atoms with Crippen LogP contribution in [0.4, 0.5) is 0 Å². The monoisotopic (exact) mass is 200 g/mol.